The molecule has 10 nitrogen and oxygen atoms in total. The number of imidazole rings is 1. The van der Waals surface area contributed by atoms with E-state index in [9.17, 15) is 9.67 Å². The number of hydrogen-bond donors (Lipinski definition) is 5. The van der Waals surface area contributed by atoms with Crippen molar-refractivity contribution in [1.29, 1.82) is 0 Å². The summed E-state index contributed by atoms with van der Waals surface area (Å²) < 4.78 is 17.7. The maximum absolute atomic E-state index is 10.8. The molecule has 22 heavy (non-hydrogen) atoms. The van der Waals surface area contributed by atoms with Gasteiger partial charge in [0.05, 0.1) is 19.3 Å². The molecule has 0 amide bonds. The first-order valence-electron chi connectivity index (χ1n) is 6.21. The van der Waals surface area contributed by atoms with Gasteiger partial charge in [0.1, 0.15) is 17.7 Å². The van der Waals surface area contributed by atoms with Gasteiger partial charge in [0, 0.05) is 0 Å². The highest BCUT2D eigenvalue weighted by Gasteiger charge is 2.20. The molecule has 0 aliphatic heterocycles. The molecule has 0 saturated carbocycles. The van der Waals surface area contributed by atoms with Crippen LogP contribution in [0.15, 0.2) is 0 Å². The zero-order valence-corrected chi connectivity index (χ0v) is 13.3. The highest BCUT2D eigenvalue weighted by atomic mass is 32.1. The number of aromatic amines is 1. The summed E-state index contributed by atoms with van der Waals surface area (Å²) in [6, 6.07) is 0. The SMILES string of the molecule is Cc1nc(N)c2[nH]c(=S)n(CC(CO)OCP(=O)(O)O)c2n1. The third-order valence-corrected chi connectivity index (χ3v) is 3.64. The Kier molecular flexibility index (Phi) is 4.95. The first-order valence-corrected chi connectivity index (χ1v) is 8.41. The lowest BCUT2D eigenvalue weighted by molar-refractivity contribution is 0.0200. The van der Waals surface area contributed by atoms with E-state index in [1.54, 1.807) is 6.92 Å². The summed E-state index contributed by atoms with van der Waals surface area (Å²) in [5.41, 5.74) is 6.69. The molecule has 0 aromatic carbocycles. The van der Waals surface area contributed by atoms with E-state index in [0.717, 1.165) is 0 Å². The summed E-state index contributed by atoms with van der Waals surface area (Å²) in [6.07, 6.45) is -1.64. The van der Waals surface area contributed by atoms with Gasteiger partial charge in [-0.25, -0.2) is 9.97 Å². The van der Waals surface area contributed by atoms with Crippen molar-refractivity contribution in [3.05, 3.63) is 10.6 Å². The third kappa shape index (κ3) is 3.88. The van der Waals surface area contributed by atoms with Crippen LogP contribution in [-0.4, -0.2) is 53.5 Å². The summed E-state index contributed by atoms with van der Waals surface area (Å²) >= 11 is 5.17. The Morgan fingerprint density at radius 3 is 2.77 bits per heavy atom. The molecule has 1 unspecified atom stereocenters. The molecule has 12 heteroatoms. The van der Waals surface area contributed by atoms with Gasteiger partial charge in [-0.2, -0.15) is 0 Å². The monoisotopic (exact) mass is 349 g/mol. The van der Waals surface area contributed by atoms with Crippen LogP contribution in [0.1, 0.15) is 5.82 Å². The number of nitrogen functional groups attached to an aromatic ring is 1. The van der Waals surface area contributed by atoms with Crippen LogP contribution in [0.2, 0.25) is 0 Å². The number of aliphatic hydroxyl groups is 1. The molecule has 122 valence electrons. The summed E-state index contributed by atoms with van der Waals surface area (Å²) in [4.78, 5) is 28.8. The molecule has 1 atom stereocenters. The summed E-state index contributed by atoms with van der Waals surface area (Å²) in [6.45, 7) is 1.29. The van der Waals surface area contributed by atoms with Crippen LogP contribution in [-0.2, 0) is 15.8 Å². The topological polar surface area (TPSA) is 160 Å². The second-order valence-electron chi connectivity index (χ2n) is 4.66. The quantitative estimate of drug-likeness (QED) is 0.354. The number of nitrogens with one attached hydrogen (secondary N) is 1. The molecule has 0 saturated heterocycles. The molecule has 0 bridgehead atoms. The first kappa shape index (κ1) is 17.0. The number of nitrogens with zero attached hydrogens (tertiary/aromatic N) is 3. The van der Waals surface area contributed by atoms with Gasteiger partial charge in [0.2, 0.25) is 0 Å². The Morgan fingerprint density at radius 2 is 2.18 bits per heavy atom. The number of rotatable bonds is 6. The average molecular weight is 349 g/mol. The Labute approximate surface area is 130 Å². The zero-order valence-electron chi connectivity index (χ0n) is 11.6. The van der Waals surface area contributed by atoms with Crippen LogP contribution >= 0.6 is 19.8 Å². The fourth-order valence-electron chi connectivity index (χ4n) is 1.90. The summed E-state index contributed by atoms with van der Waals surface area (Å²) in [7, 11) is -4.32. The Bertz CT molecular complexity index is 784. The number of aliphatic hydroxyl groups excluding tert-OH is 1. The van der Waals surface area contributed by atoms with Crippen LogP contribution in [0.4, 0.5) is 5.82 Å². The number of H-pyrrole nitrogens is 1. The van der Waals surface area contributed by atoms with Crippen LogP contribution in [0.25, 0.3) is 11.2 Å². The predicted molar refractivity (Wildman–Crippen MR) is 80.7 cm³/mol. The van der Waals surface area contributed by atoms with E-state index in [1.165, 1.54) is 4.57 Å². The van der Waals surface area contributed by atoms with Crippen LogP contribution in [0.5, 0.6) is 0 Å². The van der Waals surface area contributed by atoms with Crippen molar-refractivity contribution in [1.82, 2.24) is 19.5 Å². The molecule has 0 fully saturated rings. The third-order valence-electron chi connectivity index (χ3n) is 2.83. The number of fused-ring (bicyclic) bond motifs is 1. The Balaban J connectivity index is 2.32. The maximum Gasteiger partial charge on any atom is 0.350 e. The second-order valence-corrected chi connectivity index (χ2v) is 6.63. The second kappa shape index (κ2) is 6.41. The van der Waals surface area contributed by atoms with Gasteiger partial charge in [0.25, 0.3) is 0 Å². The number of aryl methyl sites for hydroxylation is 1. The van der Waals surface area contributed by atoms with Crippen LogP contribution < -0.4 is 5.73 Å². The lowest BCUT2D eigenvalue weighted by Crippen LogP contribution is -2.25. The Hall–Kier alpha value is -1.36. The molecule has 0 radical (unpaired) electrons. The van der Waals surface area contributed by atoms with Gasteiger partial charge < -0.3 is 30.3 Å². The first-order chi connectivity index (χ1) is 10.2. The average Bonchev–Trinajstić information content (AvgIpc) is 2.70. The minimum Gasteiger partial charge on any atom is -0.394 e. The fourth-order valence-corrected chi connectivity index (χ4v) is 2.57. The minimum absolute atomic E-state index is 0.0607. The van der Waals surface area contributed by atoms with E-state index in [-0.39, 0.29) is 12.4 Å². The largest absolute Gasteiger partial charge is 0.394 e. The standard InChI is InChI=1S/C10H16N5O5PS/c1-5-12-8(11)7-9(13-5)15(10(22)14-7)2-6(3-16)20-4-21(17,18)19/h6,16H,2-4H2,1H3,(H,14,22)(H2,11,12,13)(H2,17,18,19). The van der Waals surface area contributed by atoms with Crippen LogP contribution in [0, 0.1) is 11.7 Å². The van der Waals surface area contributed by atoms with Crippen molar-refractivity contribution in [3.8, 4) is 0 Å². The molecule has 6 N–H and O–H groups in total. The summed E-state index contributed by atoms with van der Waals surface area (Å²) in [5.74, 6) is 0.688. The van der Waals surface area contributed by atoms with E-state index in [4.69, 9.17) is 32.5 Å². The van der Waals surface area contributed by atoms with Crippen molar-refractivity contribution < 1.29 is 24.2 Å². The van der Waals surface area contributed by atoms with Crippen molar-refractivity contribution in [2.24, 2.45) is 0 Å². The van der Waals surface area contributed by atoms with Gasteiger partial charge in [-0.3, -0.25) is 9.13 Å². The smallest absolute Gasteiger partial charge is 0.350 e. The summed E-state index contributed by atoms with van der Waals surface area (Å²) in [5, 5.41) is 9.30. The number of anilines is 1. The number of ether oxygens (including phenoxy) is 1. The highest BCUT2D eigenvalue weighted by Crippen LogP contribution is 2.34. The normalized spacial score (nSPS) is 13.6. The molecule has 2 aromatic rings. The Morgan fingerprint density at radius 1 is 1.50 bits per heavy atom. The van der Waals surface area contributed by atoms with Crippen molar-refractivity contribution in [2.75, 3.05) is 18.7 Å². The predicted octanol–water partition coefficient (Wildman–Crippen LogP) is -0.108. The van der Waals surface area contributed by atoms with Crippen molar-refractivity contribution in [2.45, 2.75) is 19.6 Å². The molecule has 2 aromatic heterocycles. The van der Waals surface area contributed by atoms with E-state index in [0.29, 0.717) is 21.8 Å². The molecule has 0 aliphatic carbocycles. The fraction of sp³-hybridized carbons (Fsp3) is 0.500. The van der Waals surface area contributed by atoms with Crippen LogP contribution in [0.3, 0.4) is 0 Å². The lowest BCUT2D eigenvalue weighted by atomic mass is 10.3. The molecule has 2 rings (SSSR count). The number of nitrogens with two attached hydrogens (primary N) is 1. The minimum atomic E-state index is -4.32. The molecule has 2 heterocycles. The van der Waals surface area contributed by atoms with Gasteiger partial charge in [-0.1, -0.05) is 0 Å². The van der Waals surface area contributed by atoms with E-state index >= 15 is 0 Å². The number of aromatic nitrogens is 4. The van der Waals surface area contributed by atoms with Gasteiger partial charge in [0.15, 0.2) is 16.2 Å². The molecule has 0 aliphatic rings. The van der Waals surface area contributed by atoms with E-state index in [1.807, 2.05) is 0 Å². The molecular weight excluding hydrogens is 333 g/mol. The van der Waals surface area contributed by atoms with E-state index < -0.39 is 26.7 Å². The van der Waals surface area contributed by atoms with Gasteiger partial charge in [-0.15, -0.1) is 0 Å². The zero-order chi connectivity index (χ0) is 16.5. The van der Waals surface area contributed by atoms with E-state index in [2.05, 4.69) is 15.0 Å². The lowest BCUT2D eigenvalue weighted by Gasteiger charge is -2.16. The molecular formula is C10H16N5O5PS. The van der Waals surface area contributed by atoms with Crippen molar-refractivity contribution >= 4 is 36.8 Å². The number of hydrogen-bond acceptors (Lipinski definition) is 7. The van der Waals surface area contributed by atoms with Gasteiger partial charge >= 0.3 is 7.60 Å². The van der Waals surface area contributed by atoms with Gasteiger partial charge in [-0.05, 0) is 19.1 Å². The highest BCUT2D eigenvalue weighted by molar-refractivity contribution is 7.71. The maximum atomic E-state index is 10.8. The molecule has 0 spiro atoms. The van der Waals surface area contributed by atoms with Crippen molar-refractivity contribution in [3.63, 3.8) is 0 Å².